The zero-order valence-electron chi connectivity index (χ0n) is 17.7. The molecule has 2 aromatic rings. The van der Waals surface area contributed by atoms with Crippen molar-refractivity contribution in [1.82, 2.24) is 14.1 Å². The minimum atomic E-state index is -3.86. The third-order valence-corrected chi connectivity index (χ3v) is 8.00. The molecule has 1 amide bonds. The maximum absolute atomic E-state index is 13.2. The van der Waals surface area contributed by atoms with Gasteiger partial charge in [0, 0.05) is 39.3 Å². The van der Waals surface area contributed by atoms with Crippen LogP contribution >= 0.6 is 0 Å². The molecule has 4 rings (SSSR count). The number of rotatable bonds is 5. The summed E-state index contributed by atoms with van der Waals surface area (Å²) in [4.78, 5) is 17.2. The van der Waals surface area contributed by atoms with E-state index < -0.39 is 21.9 Å². The second-order valence-electron chi connectivity index (χ2n) is 8.14. The number of carbonyl (C=O) groups excluding carboxylic acids is 1. The molecule has 1 atom stereocenters. The van der Waals surface area contributed by atoms with Crippen LogP contribution < -0.4 is 0 Å². The Morgan fingerprint density at radius 3 is 2.28 bits per heavy atom. The highest BCUT2D eigenvalue weighted by Gasteiger charge is 2.41. The highest BCUT2D eigenvalue weighted by atomic mass is 32.2. The van der Waals surface area contributed by atoms with Crippen molar-refractivity contribution in [3.05, 3.63) is 65.5 Å². The highest BCUT2D eigenvalue weighted by molar-refractivity contribution is 7.89. The topological polar surface area (TPSA) is 84.7 Å². The average Bonchev–Trinajstić information content (AvgIpc) is 3.31. The Morgan fingerprint density at radius 2 is 1.66 bits per heavy atom. The Labute approximate surface area is 187 Å². The van der Waals surface area contributed by atoms with Crippen molar-refractivity contribution in [3.63, 3.8) is 0 Å². The first-order valence-corrected chi connectivity index (χ1v) is 12.1. The zero-order valence-corrected chi connectivity index (χ0v) is 18.5. The quantitative estimate of drug-likeness (QED) is 0.689. The van der Waals surface area contributed by atoms with Crippen LogP contribution in [-0.2, 0) is 21.4 Å². The van der Waals surface area contributed by atoms with E-state index in [2.05, 4.69) is 11.0 Å². The van der Waals surface area contributed by atoms with Gasteiger partial charge in [0.25, 0.3) is 0 Å². The lowest BCUT2D eigenvalue weighted by Crippen LogP contribution is -2.54. The van der Waals surface area contributed by atoms with E-state index in [-0.39, 0.29) is 17.3 Å². The lowest BCUT2D eigenvalue weighted by Gasteiger charge is -2.37. The summed E-state index contributed by atoms with van der Waals surface area (Å²) in [5.74, 6) is -0.664. The molecule has 2 aliphatic heterocycles. The van der Waals surface area contributed by atoms with E-state index in [1.54, 1.807) is 17.0 Å². The smallest absolute Gasteiger partial charge is 0.243 e. The Hall–Kier alpha value is -2.80. The molecule has 0 unspecified atom stereocenters. The Balaban J connectivity index is 1.37. The summed E-state index contributed by atoms with van der Waals surface area (Å²) in [5.41, 5.74) is 1.73. The molecule has 0 N–H and O–H groups in total. The zero-order chi connectivity index (χ0) is 22.7. The van der Waals surface area contributed by atoms with E-state index in [1.165, 1.54) is 16.4 Å². The second kappa shape index (κ2) is 9.36. The number of carbonyl (C=O) groups is 1. The molecule has 2 fully saturated rings. The van der Waals surface area contributed by atoms with Crippen molar-refractivity contribution in [2.75, 3.05) is 32.7 Å². The fraction of sp³-hybridized carbons (Fsp3) is 0.391. The molecule has 32 heavy (non-hydrogen) atoms. The van der Waals surface area contributed by atoms with Crippen molar-refractivity contribution in [2.45, 2.75) is 30.3 Å². The summed E-state index contributed by atoms with van der Waals surface area (Å²) >= 11 is 0. The highest BCUT2D eigenvalue weighted by Crippen LogP contribution is 2.28. The van der Waals surface area contributed by atoms with E-state index in [0.29, 0.717) is 44.6 Å². The third-order valence-electron chi connectivity index (χ3n) is 6.08. The fourth-order valence-corrected chi connectivity index (χ4v) is 5.95. The SMILES string of the molecule is N#Cc1ccc(CN2CCN(C(=O)[C@@H]3CCCN3S(=O)(=O)c3ccc(F)cc3)CC2)cc1. The van der Waals surface area contributed by atoms with Crippen molar-refractivity contribution in [2.24, 2.45) is 0 Å². The summed E-state index contributed by atoms with van der Waals surface area (Å²) < 4.78 is 40.6. The summed E-state index contributed by atoms with van der Waals surface area (Å²) in [7, 11) is -3.86. The monoisotopic (exact) mass is 456 g/mol. The van der Waals surface area contributed by atoms with Gasteiger partial charge in [-0.15, -0.1) is 0 Å². The third kappa shape index (κ3) is 4.67. The fourth-order valence-electron chi connectivity index (χ4n) is 4.30. The Kier molecular flexibility index (Phi) is 6.55. The number of benzene rings is 2. The van der Waals surface area contributed by atoms with Crippen molar-refractivity contribution in [1.29, 1.82) is 5.26 Å². The molecule has 2 aliphatic rings. The van der Waals surface area contributed by atoms with Crippen molar-refractivity contribution < 1.29 is 17.6 Å². The van der Waals surface area contributed by atoms with Gasteiger partial charge in [0.2, 0.25) is 15.9 Å². The van der Waals surface area contributed by atoms with Gasteiger partial charge in [-0.25, -0.2) is 12.8 Å². The molecule has 0 aliphatic carbocycles. The molecule has 0 radical (unpaired) electrons. The standard InChI is InChI=1S/C23H25FN4O3S/c24-20-7-9-21(10-8-20)32(30,31)28-11-1-2-22(28)23(29)27-14-12-26(13-15-27)17-19-5-3-18(16-25)4-6-19/h3-10,22H,1-2,11-15,17H2/t22-/m0/s1. The van der Waals surface area contributed by atoms with Gasteiger partial charge in [-0.05, 0) is 54.8 Å². The number of hydrogen-bond acceptors (Lipinski definition) is 5. The maximum Gasteiger partial charge on any atom is 0.243 e. The largest absolute Gasteiger partial charge is 0.339 e. The molecular formula is C23H25FN4O3S. The van der Waals surface area contributed by atoms with Crippen LogP contribution in [-0.4, -0.2) is 67.2 Å². The summed E-state index contributed by atoms with van der Waals surface area (Å²) in [6.07, 6.45) is 1.11. The van der Waals surface area contributed by atoms with E-state index in [4.69, 9.17) is 5.26 Å². The van der Waals surface area contributed by atoms with Gasteiger partial charge in [0.1, 0.15) is 11.9 Å². The lowest BCUT2D eigenvalue weighted by molar-refractivity contribution is -0.136. The number of halogens is 1. The average molecular weight is 457 g/mol. The van der Waals surface area contributed by atoms with Crippen molar-refractivity contribution >= 4 is 15.9 Å². The predicted octanol–water partition coefficient (Wildman–Crippen LogP) is 2.19. The number of amides is 1. The van der Waals surface area contributed by atoms with Crippen LogP contribution in [0.2, 0.25) is 0 Å². The molecule has 9 heteroatoms. The number of hydrogen-bond donors (Lipinski definition) is 0. The van der Waals surface area contributed by atoms with E-state index in [0.717, 1.165) is 24.2 Å². The molecule has 0 spiro atoms. The molecular weight excluding hydrogens is 431 g/mol. The number of piperazine rings is 1. The maximum atomic E-state index is 13.2. The molecule has 7 nitrogen and oxygen atoms in total. The van der Waals surface area contributed by atoms with Crippen LogP contribution in [0.5, 0.6) is 0 Å². The van der Waals surface area contributed by atoms with Crippen LogP contribution in [0.1, 0.15) is 24.0 Å². The molecule has 2 heterocycles. The van der Waals surface area contributed by atoms with Crippen LogP contribution in [0.15, 0.2) is 53.4 Å². The minimum absolute atomic E-state index is 0.00540. The normalized spacial score (nSPS) is 20.2. The Bertz CT molecular complexity index is 1110. The number of nitriles is 1. The van der Waals surface area contributed by atoms with E-state index >= 15 is 0 Å². The first-order valence-electron chi connectivity index (χ1n) is 10.7. The summed E-state index contributed by atoms with van der Waals surface area (Å²) in [5, 5.41) is 8.91. The first-order chi connectivity index (χ1) is 15.4. The van der Waals surface area contributed by atoms with E-state index in [1.807, 2.05) is 12.1 Å². The van der Waals surface area contributed by atoms with Gasteiger partial charge in [0.05, 0.1) is 16.5 Å². The van der Waals surface area contributed by atoms with Crippen LogP contribution in [0, 0.1) is 17.1 Å². The summed E-state index contributed by atoms with van der Waals surface area (Å²) in [6, 6.07) is 13.6. The van der Waals surface area contributed by atoms with Gasteiger partial charge in [0.15, 0.2) is 0 Å². The summed E-state index contributed by atoms with van der Waals surface area (Å²) in [6.45, 7) is 3.50. The van der Waals surface area contributed by atoms with Gasteiger partial charge in [-0.3, -0.25) is 9.69 Å². The first kappa shape index (κ1) is 22.4. The molecule has 2 saturated heterocycles. The van der Waals surface area contributed by atoms with Gasteiger partial charge in [-0.2, -0.15) is 9.57 Å². The van der Waals surface area contributed by atoms with Gasteiger partial charge in [-0.1, -0.05) is 12.1 Å². The van der Waals surface area contributed by atoms with Gasteiger partial charge < -0.3 is 4.90 Å². The molecule has 0 bridgehead atoms. The second-order valence-corrected chi connectivity index (χ2v) is 10.0. The molecule has 2 aromatic carbocycles. The van der Waals surface area contributed by atoms with Gasteiger partial charge >= 0.3 is 0 Å². The van der Waals surface area contributed by atoms with Crippen molar-refractivity contribution in [3.8, 4) is 6.07 Å². The number of sulfonamides is 1. The van der Waals surface area contributed by atoms with Crippen LogP contribution in [0.3, 0.4) is 0 Å². The lowest BCUT2D eigenvalue weighted by atomic mass is 10.1. The molecule has 0 saturated carbocycles. The number of nitrogens with zero attached hydrogens (tertiary/aromatic N) is 4. The molecule has 168 valence electrons. The Morgan fingerprint density at radius 1 is 1.00 bits per heavy atom. The van der Waals surface area contributed by atoms with E-state index in [9.17, 15) is 17.6 Å². The van der Waals surface area contributed by atoms with Crippen LogP contribution in [0.25, 0.3) is 0 Å². The minimum Gasteiger partial charge on any atom is -0.339 e. The van der Waals surface area contributed by atoms with Crippen LogP contribution in [0.4, 0.5) is 4.39 Å². The predicted molar refractivity (Wildman–Crippen MR) is 116 cm³/mol. The molecule has 0 aromatic heterocycles.